The van der Waals surface area contributed by atoms with Crippen LogP contribution in [0.25, 0.3) is 21.9 Å². The largest absolute Gasteiger partial charge is 0.346 e. The molecule has 1 amide bonds. The van der Waals surface area contributed by atoms with E-state index in [4.69, 9.17) is 0 Å². The van der Waals surface area contributed by atoms with Crippen molar-refractivity contribution < 1.29 is 4.79 Å². The van der Waals surface area contributed by atoms with Gasteiger partial charge in [0.25, 0.3) is 11.5 Å². The van der Waals surface area contributed by atoms with Crippen molar-refractivity contribution in [3.63, 3.8) is 0 Å². The van der Waals surface area contributed by atoms with E-state index >= 15 is 0 Å². The predicted molar refractivity (Wildman–Crippen MR) is 105 cm³/mol. The van der Waals surface area contributed by atoms with Crippen molar-refractivity contribution >= 4 is 27.8 Å². The minimum atomic E-state index is -1.06. The van der Waals surface area contributed by atoms with Crippen LogP contribution in [-0.2, 0) is 4.79 Å². The quantitative estimate of drug-likeness (QED) is 0.707. The van der Waals surface area contributed by atoms with Crippen LogP contribution in [0.2, 0.25) is 0 Å². The van der Waals surface area contributed by atoms with Gasteiger partial charge in [0.1, 0.15) is 5.65 Å². The minimum absolute atomic E-state index is 0.0954. The third-order valence-corrected chi connectivity index (χ3v) is 6.30. The molecule has 2 aliphatic rings. The normalized spacial score (nSPS) is 23.8. The van der Waals surface area contributed by atoms with E-state index in [9.17, 15) is 14.5 Å². The van der Waals surface area contributed by atoms with Crippen LogP contribution in [-0.4, -0.2) is 44.0 Å². The van der Waals surface area contributed by atoms with E-state index in [2.05, 4.69) is 22.1 Å². The molecule has 1 saturated heterocycles. The number of H-pyrrole nitrogens is 1. The maximum absolute atomic E-state index is 12.9. The van der Waals surface area contributed by atoms with Gasteiger partial charge in [-0.25, -0.2) is 4.98 Å². The lowest BCUT2D eigenvalue weighted by Crippen LogP contribution is -2.49. The third kappa shape index (κ3) is 2.40. The van der Waals surface area contributed by atoms with Crippen LogP contribution in [0.4, 0.5) is 0 Å². The maximum atomic E-state index is 12.9. The highest BCUT2D eigenvalue weighted by atomic mass is 16.3. The van der Waals surface area contributed by atoms with Gasteiger partial charge in [0.2, 0.25) is 0 Å². The van der Waals surface area contributed by atoms with Crippen molar-refractivity contribution in [1.82, 2.24) is 19.4 Å². The second kappa shape index (κ2) is 5.98. The smallest absolute Gasteiger partial charge is 0.254 e. The number of nitroso groups, excluding NO2 is 1. The van der Waals surface area contributed by atoms with Crippen LogP contribution in [0.15, 0.2) is 40.6 Å². The van der Waals surface area contributed by atoms with Gasteiger partial charge in [0.05, 0.1) is 11.6 Å². The molecule has 1 N–H and O–H groups in total. The molecule has 1 aliphatic heterocycles. The molecule has 3 aromatic heterocycles. The van der Waals surface area contributed by atoms with Crippen molar-refractivity contribution in [1.29, 1.82) is 0 Å². The Balaban J connectivity index is 1.63. The van der Waals surface area contributed by atoms with Gasteiger partial charge in [0.15, 0.2) is 5.54 Å². The van der Waals surface area contributed by atoms with Gasteiger partial charge in [-0.2, -0.15) is 0 Å². The summed E-state index contributed by atoms with van der Waals surface area (Å²) < 4.78 is 1.81. The number of pyridine rings is 2. The highest BCUT2D eigenvalue weighted by molar-refractivity contribution is 6.02. The van der Waals surface area contributed by atoms with Crippen LogP contribution in [0, 0.1) is 10.8 Å². The summed E-state index contributed by atoms with van der Waals surface area (Å²) in [6.07, 6.45) is 5.39. The number of carbonyl (C=O) groups is 1. The number of rotatable bonds is 3. The summed E-state index contributed by atoms with van der Waals surface area (Å²) in [6, 6.07) is 5.11. The molecule has 0 bridgehead atoms. The summed E-state index contributed by atoms with van der Waals surface area (Å²) in [5, 5.41) is 4.88. The Morgan fingerprint density at radius 2 is 2.14 bits per heavy atom. The van der Waals surface area contributed by atoms with Gasteiger partial charge in [-0.15, -0.1) is 4.91 Å². The first-order valence-corrected chi connectivity index (χ1v) is 9.65. The Kier molecular flexibility index (Phi) is 3.65. The molecular weight excluding hydrogens is 358 g/mol. The van der Waals surface area contributed by atoms with Crippen LogP contribution in [0.5, 0.6) is 0 Å². The first-order chi connectivity index (χ1) is 13.5. The molecular formula is C20H21N5O3. The number of carbonyl (C=O) groups excluding carboxylic acids is 1. The molecule has 28 heavy (non-hydrogen) atoms. The molecule has 1 aliphatic carbocycles. The van der Waals surface area contributed by atoms with Crippen LogP contribution >= 0.6 is 0 Å². The molecule has 2 atom stereocenters. The Morgan fingerprint density at radius 3 is 2.89 bits per heavy atom. The van der Waals surface area contributed by atoms with Crippen LogP contribution < -0.4 is 5.56 Å². The van der Waals surface area contributed by atoms with Crippen molar-refractivity contribution in [2.45, 2.75) is 37.8 Å². The van der Waals surface area contributed by atoms with E-state index in [0.717, 1.165) is 28.4 Å². The van der Waals surface area contributed by atoms with E-state index in [1.807, 2.05) is 16.8 Å². The molecule has 0 unspecified atom stereocenters. The number of hydrogen-bond donors (Lipinski definition) is 1. The third-order valence-electron chi connectivity index (χ3n) is 6.30. The van der Waals surface area contributed by atoms with Gasteiger partial charge < -0.3 is 14.5 Å². The zero-order valence-corrected chi connectivity index (χ0v) is 15.6. The van der Waals surface area contributed by atoms with Crippen molar-refractivity contribution in [3.05, 3.63) is 45.9 Å². The van der Waals surface area contributed by atoms with Crippen LogP contribution in [0.1, 0.15) is 32.2 Å². The van der Waals surface area contributed by atoms with Crippen molar-refractivity contribution in [2.75, 3.05) is 13.1 Å². The molecule has 8 nitrogen and oxygen atoms in total. The van der Waals surface area contributed by atoms with Crippen molar-refractivity contribution in [3.8, 4) is 0 Å². The maximum Gasteiger partial charge on any atom is 0.254 e. The fraction of sp³-hybridized carbons (Fsp3) is 0.450. The number of amides is 1. The lowest BCUT2D eigenvalue weighted by atomic mass is 9.92. The highest BCUT2D eigenvalue weighted by Gasteiger charge is 2.55. The van der Waals surface area contributed by atoms with Crippen LogP contribution in [0.3, 0.4) is 0 Å². The lowest BCUT2D eigenvalue weighted by Gasteiger charge is -2.39. The first kappa shape index (κ1) is 17.1. The minimum Gasteiger partial charge on any atom is -0.346 e. The highest BCUT2D eigenvalue weighted by Crippen LogP contribution is 2.42. The molecule has 5 rings (SSSR count). The fourth-order valence-corrected chi connectivity index (χ4v) is 4.41. The zero-order valence-electron chi connectivity index (χ0n) is 15.6. The summed E-state index contributed by atoms with van der Waals surface area (Å²) >= 11 is 0. The number of hydrogen-bond acceptors (Lipinski definition) is 5. The summed E-state index contributed by atoms with van der Waals surface area (Å²) in [5.74, 6) is 0.0231. The van der Waals surface area contributed by atoms with Crippen molar-refractivity contribution in [2.24, 2.45) is 11.1 Å². The summed E-state index contributed by atoms with van der Waals surface area (Å²) in [7, 11) is 0. The molecule has 1 saturated carbocycles. The monoisotopic (exact) mass is 379 g/mol. The van der Waals surface area contributed by atoms with E-state index in [-0.39, 0.29) is 23.4 Å². The second-order valence-electron chi connectivity index (χ2n) is 8.05. The summed E-state index contributed by atoms with van der Waals surface area (Å²) in [6.45, 7) is 3.11. The lowest BCUT2D eigenvalue weighted by molar-refractivity contribution is -0.135. The molecule has 3 aromatic rings. The van der Waals surface area contributed by atoms with E-state index < -0.39 is 5.54 Å². The number of aromatic nitrogens is 3. The Bertz CT molecular complexity index is 1160. The molecule has 8 heteroatoms. The topological polar surface area (TPSA) is 100 Å². The number of nitrogens with one attached hydrogen (secondary N) is 1. The number of aromatic amines is 1. The predicted octanol–water partition coefficient (Wildman–Crippen LogP) is 2.59. The second-order valence-corrected chi connectivity index (χ2v) is 8.05. The molecule has 0 spiro atoms. The SMILES string of the molecule is C[C@@H]1CCN(C(=O)C2(N=O)CC2)C[C@@H]1n1c(=O)ccc2cnc3[nH]ccc3c21. The number of nitrogens with zero attached hydrogens (tertiary/aromatic N) is 4. The number of piperidine rings is 1. The standard InChI is InChI=1S/C20H21N5O3/c1-12-5-9-24(19(27)20(23-28)6-7-20)11-15(12)25-16(26)3-2-13-10-22-18-14(17(13)25)4-8-21-18/h2-4,8,10,12,15H,5-7,9,11H2,1H3,(H,21,22)/t12-,15+/m1/s1. The molecule has 144 valence electrons. The Labute approximate surface area is 160 Å². The number of likely N-dealkylation sites (tertiary alicyclic amines) is 1. The fourth-order valence-electron chi connectivity index (χ4n) is 4.41. The average molecular weight is 379 g/mol. The Morgan fingerprint density at radius 1 is 1.32 bits per heavy atom. The Hall–Kier alpha value is -3.03. The zero-order chi connectivity index (χ0) is 19.5. The molecule has 4 heterocycles. The van der Waals surface area contributed by atoms with E-state index in [1.165, 1.54) is 0 Å². The van der Waals surface area contributed by atoms with Gasteiger partial charge in [-0.1, -0.05) is 12.1 Å². The van der Waals surface area contributed by atoms with Gasteiger partial charge in [-0.05, 0) is 37.3 Å². The van der Waals surface area contributed by atoms with E-state index in [0.29, 0.717) is 25.9 Å². The molecule has 0 radical (unpaired) electrons. The van der Waals surface area contributed by atoms with Gasteiger partial charge >= 0.3 is 0 Å². The van der Waals surface area contributed by atoms with E-state index in [1.54, 1.807) is 23.2 Å². The molecule has 0 aromatic carbocycles. The summed E-state index contributed by atoms with van der Waals surface area (Å²) in [5.41, 5.74) is 0.402. The van der Waals surface area contributed by atoms with Gasteiger partial charge in [-0.3, -0.25) is 9.59 Å². The first-order valence-electron chi connectivity index (χ1n) is 9.65. The number of fused-ring (bicyclic) bond motifs is 3. The average Bonchev–Trinajstić information content (AvgIpc) is 3.36. The van der Waals surface area contributed by atoms with Gasteiger partial charge in [0, 0.05) is 42.3 Å². The summed E-state index contributed by atoms with van der Waals surface area (Å²) in [4.78, 5) is 46.2. The molecule has 2 fully saturated rings.